The molecule has 0 bridgehead atoms. The lowest BCUT2D eigenvalue weighted by atomic mass is 10.0. The number of hydrogen-bond acceptors (Lipinski definition) is 7. The number of rotatable bonds is 8. The first kappa shape index (κ1) is 17.3. The standard InChI is InChI=1S/C15H17N5O4/c1-11(21)13(7-12-5-3-2-4-6-12)17-14(22)9-24-15(23)8-20-10-16-18-19-20/h2-6,10,13H,7-9H2,1H3,(H,17,22)/t13-/m1/s1. The summed E-state index contributed by atoms with van der Waals surface area (Å²) < 4.78 is 6.00. The fourth-order valence-electron chi connectivity index (χ4n) is 1.96. The molecule has 9 nitrogen and oxygen atoms in total. The highest BCUT2D eigenvalue weighted by atomic mass is 16.5. The molecule has 0 aliphatic carbocycles. The molecule has 0 fully saturated rings. The largest absolute Gasteiger partial charge is 0.454 e. The number of carbonyl (C=O) groups is 3. The highest BCUT2D eigenvalue weighted by Crippen LogP contribution is 2.04. The summed E-state index contributed by atoms with van der Waals surface area (Å²) in [5.41, 5.74) is 0.925. The van der Waals surface area contributed by atoms with Crippen molar-refractivity contribution >= 4 is 17.7 Å². The Balaban J connectivity index is 1.80. The number of ketones is 1. The number of tetrazole rings is 1. The van der Waals surface area contributed by atoms with Crippen LogP contribution in [0.25, 0.3) is 0 Å². The molecule has 2 aromatic rings. The Morgan fingerprint density at radius 1 is 1.25 bits per heavy atom. The molecule has 1 heterocycles. The van der Waals surface area contributed by atoms with Crippen molar-refractivity contribution in [2.24, 2.45) is 0 Å². The number of carbonyl (C=O) groups excluding carboxylic acids is 3. The smallest absolute Gasteiger partial charge is 0.328 e. The summed E-state index contributed by atoms with van der Waals surface area (Å²) in [6.07, 6.45) is 1.63. The Hall–Kier alpha value is -3.10. The topological polar surface area (TPSA) is 116 Å². The molecule has 1 amide bonds. The zero-order valence-corrected chi connectivity index (χ0v) is 13.1. The molecule has 0 saturated heterocycles. The van der Waals surface area contributed by atoms with E-state index in [0.717, 1.165) is 5.56 Å². The van der Waals surface area contributed by atoms with Gasteiger partial charge in [0.05, 0.1) is 6.04 Å². The van der Waals surface area contributed by atoms with E-state index in [0.29, 0.717) is 6.42 Å². The Kier molecular flexibility index (Phi) is 6.12. The lowest BCUT2D eigenvalue weighted by Gasteiger charge is -2.16. The van der Waals surface area contributed by atoms with Crippen molar-refractivity contribution in [2.75, 3.05) is 6.61 Å². The van der Waals surface area contributed by atoms with E-state index in [4.69, 9.17) is 4.74 Å². The predicted octanol–water partition coefficient (Wildman–Crippen LogP) is -0.467. The fraction of sp³-hybridized carbons (Fsp3) is 0.333. The summed E-state index contributed by atoms with van der Waals surface area (Å²) in [5, 5.41) is 12.8. The van der Waals surface area contributed by atoms with Gasteiger partial charge in [-0.25, -0.2) is 4.68 Å². The number of aromatic nitrogens is 4. The zero-order chi connectivity index (χ0) is 17.4. The number of amides is 1. The second kappa shape index (κ2) is 8.51. The predicted molar refractivity (Wildman–Crippen MR) is 81.5 cm³/mol. The van der Waals surface area contributed by atoms with E-state index in [1.54, 1.807) is 0 Å². The Bertz CT molecular complexity index is 687. The molecule has 2 rings (SSSR count). The highest BCUT2D eigenvalue weighted by molar-refractivity contribution is 5.88. The maximum atomic E-state index is 11.9. The minimum atomic E-state index is -0.668. The maximum absolute atomic E-state index is 11.9. The summed E-state index contributed by atoms with van der Waals surface area (Å²) in [6, 6.07) is 8.65. The molecule has 1 aromatic heterocycles. The van der Waals surface area contributed by atoms with Gasteiger partial charge < -0.3 is 10.1 Å². The van der Waals surface area contributed by atoms with Crippen LogP contribution in [0.4, 0.5) is 0 Å². The van der Waals surface area contributed by atoms with Crippen molar-refractivity contribution in [3.05, 3.63) is 42.2 Å². The number of benzene rings is 1. The van der Waals surface area contributed by atoms with E-state index in [9.17, 15) is 14.4 Å². The van der Waals surface area contributed by atoms with Gasteiger partial charge in [0.25, 0.3) is 5.91 Å². The first-order valence-corrected chi connectivity index (χ1v) is 7.24. The van der Waals surface area contributed by atoms with Gasteiger partial charge in [0, 0.05) is 0 Å². The normalized spacial score (nSPS) is 11.5. The van der Waals surface area contributed by atoms with Gasteiger partial charge in [0.1, 0.15) is 12.9 Å². The monoisotopic (exact) mass is 331 g/mol. The van der Waals surface area contributed by atoms with Crippen molar-refractivity contribution in [3.8, 4) is 0 Å². The number of esters is 1. The molecule has 1 aromatic carbocycles. The Labute approximate surface area is 138 Å². The van der Waals surface area contributed by atoms with Crippen LogP contribution in [0.5, 0.6) is 0 Å². The van der Waals surface area contributed by atoms with Gasteiger partial charge in [-0.15, -0.1) is 5.10 Å². The van der Waals surface area contributed by atoms with Gasteiger partial charge in [-0.05, 0) is 29.3 Å². The molecule has 0 spiro atoms. The van der Waals surface area contributed by atoms with Crippen LogP contribution in [0.15, 0.2) is 36.7 Å². The highest BCUT2D eigenvalue weighted by Gasteiger charge is 2.18. The van der Waals surface area contributed by atoms with Crippen LogP contribution < -0.4 is 5.32 Å². The maximum Gasteiger partial charge on any atom is 0.328 e. The van der Waals surface area contributed by atoms with Crippen LogP contribution in [-0.2, 0) is 32.1 Å². The first-order valence-electron chi connectivity index (χ1n) is 7.24. The average molecular weight is 331 g/mol. The quantitative estimate of drug-likeness (QED) is 0.650. The van der Waals surface area contributed by atoms with Crippen LogP contribution in [0, 0.1) is 0 Å². The van der Waals surface area contributed by atoms with Gasteiger partial charge in [-0.2, -0.15) is 0 Å². The number of ether oxygens (including phenoxy) is 1. The van der Waals surface area contributed by atoms with Crippen molar-refractivity contribution in [2.45, 2.75) is 25.9 Å². The van der Waals surface area contributed by atoms with Crippen molar-refractivity contribution in [1.29, 1.82) is 0 Å². The Morgan fingerprint density at radius 2 is 2.00 bits per heavy atom. The lowest BCUT2D eigenvalue weighted by Crippen LogP contribution is -2.43. The molecule has 0 radical (unpaired) electrons. The van der Waals surface area contributed by atoms with E-state index in [1.165, 1.54) is 17.9 Å². The molecular formula is C15H17N5O4. The molecule has 9 heteroatoms. The Morgan fingerprint density at radius 3 is 2.62 bits per heavy atom. The number of nitrogens with one attached hydrogen (secondary N) is 1. The van der Waals surface area contributed by atoms with Gasteiger partial charge in [0.2, 0.25) is 0 Å². The van der Waals surface area contributed by atoms with Gasteiger partial charge in [-0.1, -0.05) is 30.3 Å². The van der Waals surface area contributed by atoms with Crippen LogP contribution in [-0.4, -0.2) is 50.5 Å². The number of nitrogens with zero attached hydrogens (tertiary/aromatic N) is 4. The second-order valence-electron chi connectivity index (χ2n) is 5.09. The summed E-state index contributed by atoms with van der Waals surface area (Å²) in [7, 11) is 0. The number of hydrogen-bond donors (Lipinski definition) is 1. The van der Waals surface area contributed by atoms with E-state index >= 15 is 0 Å². The summed E-state index contributed by atoms with van der Waals surface area (Å²) >= 11 is 0. The van der Waals surface area contributed by atoms with Crippen LogP contribution in [0.3, 0.4) is 0 Å². The fourth-order valence-corrected chi connectivity index (χ4v) is 1.96. The van der Waals surface area contributed by atoms with Gasteiger partial charge in [0.15, 0.2) is 12.4 Å². The van der Waals surface area contributed by atoms with E-state index in [2.05, 4.69) is 20.8 Å². The molecular weight excluding hydrogens is 314 g/mol. The second-order valence-corrected chi connectivity index (χ2v) is 5.09. The molecule has 0 aliphatic heterocycles. The molecule has 126 valence electrons. The van der Waals surface area contributed by atoms with Crippen LogP contribution in [0.2, 0.25) is 0 Å². The van der Waals surface area contributed by atoms with Crippen LogP contribution in [0.1, 0.15) is 12.5 Å². The van der Waals surface area contributed by atoms with Gasteiger partial charge in [-0.3, -0.25) is 14.4 Å². The molecule has 1 atom stereocenters. The average Bonchev–Trinajstić information content (AvgIpc) is 3.06. The molecule has 0 unspecified atom stereocenters. The summed E-state index contributed by atoms with van der Waals surface area (Å²) in [6.45, 7) is 0.734. The van der Waals surface area contributed by atoms with Crippen LogP contribution >= 0.6 is 0 Å². The van der Waals surface area contributed by atoms with Gasteiger partial charge >= 0.3 is 5.97 Å². The van der Waals surface area contributed by atoms with E-state index in [1.807, 2.05) is 30.3 Å². The van der Waals surface area contributed by atoms with Crippen molar-refractivity contribution < 1.29 is 19.1 Å². The zero-order valence-electron chi connectivity index (χ0n) is 13.1. The third kappa shape index (κ3) is 5.59. The molecule has 0 saturated carbocycles. The minimum absolute atomic E-state index is 0.174. The minimum Gasteiger partial charge on any atom is -0.454 e. The van der Waals surface area contributed by atoms with Crippen molar-refractivity contribution in [1.82, 2.24) is 25.5 Å². The van der Waals surface area contributed by atoms with E-state index < -0.39 is 24.5 Å². The third-order valence-electron chi connectivity index (χ3n) is 3.16. The summed E-state index contributed by atoms with van der Waals surface area (Å²) in [4.78, 5) is 35.1. The van der Waals surface area contributed by atoms with E-state index in [-0.39, 0.29) is 12.3 Å². The first-order chi connectivity index (χ1) is 11.5. The lowest BCUT2D eigenvalue weighted by molar-refractivity contribution is -0.149. The third-order valence-corrected chi connectivity index (χ3v) is 3.16. The molecule has 0 aliphatic rings. The number of Topliss-reactive ketones (excluding diaryl/α,β-unsaturated/α-hetero) is 1. The van der Waals surface area contributed by atoms with Crippen molar-refractivity contribution in [3.63, 3.8) is 0 Å². The summed E-state index contributed by atoms with van der Waals surface area (Å²) in [5.74, 6) is -1.37. The molecule has 24 heavy (non-hydrogen) atoms. The SMILES string of the molecule is CC(=O)[C@@H](Cc1ccccc1)NC(=O)COC(=O)Cn1cnnn1. The molecule has 1 N–H and O–H groups in total.